The molecule has 0 bridgehead atoms. The Morgan fingerprint density at radius 1 is 1.25 bits per heavy atom. The molecule has 0 unspecified atom stereocenters. The lowest BCUT2D eigenvalue weighted by atomic mass is 10.1. The second-order valence-corrected chi connectivity index (χ2v) is 3.17. The lowest BCUT2D eigenvalue weighted by Gasteiger charge is -2.07. The lowest BCUT2D eigenvalue weighted by molar-refractivity contribution is 0.129. The van der Waals surface area contributed by atoms with E-state index in [0.717, 1.165) is 10.6 Å². The van der Waals surface area contributed by atoms with Gasteiger partial charge in [-0.25, -0.2) is 0 Å². The van der Waals surface area contributed by atoms with Crippen LogP contribution in [0.4, 0.5) is 0 Å². The van der Waals surface area contributed by atoms with Gasteiger partial charge in [-0.05, 0) is 17.7 Å². The topological polar surface area (TPSA) is 9.23 Å². The van der Waals surface area contributed by atoms with Crippen molar-refractivity contribution in [2.45, 2.75) is 6.10 Å². The zero-order valence-electron chi connectivity index (χ0n) is 6.53. The molecule has 1 aromatic rings. The van der Waals surface area contributed by atoms with Gasteiger partial charge in [-0.2, -0.15) is 0 Å². The van der Waals surface area contributed by atoms with Crippen LogP contribution < -0.4 is 0 Å². The highest BCUT2D eigenvalue weighted by Gasteiger charge is 2.10. The maximum atomic E-state index is 5.76. The van der Waals surface area contributed by atoms with Crippen LogP contribution in [0.15, 0.2) is 36.4 Å². The molecule has 0 saturated heterocycles. The zero-order valence-corrected chi connectivity index (χ0v) is 7.29. The molecule has 0 N–H and O–H groups in total. The number of hydrogen-bond donors (Lipinski definition) is 0. The molecule has 1 aliphatic heterocycles. The Morgan fingerprint density at radius 3 is 2.58 bits per heavy atom. The van der Waals surface area contributed by atoms with Gasteiger partial charge in [-0.15, -0.1) is 0 Å². The highest BCUT2D eigenvalue weighted by Crippen LogP contribution is 2.23. The summed E-state index contributed by atoms with van der Waals surface area (Å²) in [5.74, 6) is 0. The summed E-state index contributed by atoms with van der Waals surface area (Å²) in [6.07, 6.45) is 4.21. The number of benzene rings is 1. The average molecular weight is 181 g/mol. The van der Waals surface area contributed by atoms with Gasteiger partial charge in [-0.1, -0.05) is 35.9 Å². The molecule has 0 aliphatic carbocycles. The van der Waals surface area contributed by atoms with Gasteiger partial charge in [0.2, 0.25) is 0 Å². The van der Waals surface area contributed by atoms with Crippen molar-refractivity contribution in [2.24, 2.45) is 0 Å². The van der Waals surface area contributed by atoms with Gasteiger partial charge in [0.05, 0.1) is 6.61 Å². The Morgan fingerprint density at radius 2 is 2.00 bits per heavy atom. The van der Waals surface area contributed by atoms with Crippen molar-refractivity contribution < 1.29 is 4.74 Å². The van der Waals surface area contributed by atoms with Crippen LogP contribution in [-0.4, -0.2) is 6.61 Å². The SMILES string of the molecule is Clc1ccc([C@@H]2C=CCO2)cc1. The van der Waals surface area contributed by atoms with E-state index < -0.39 is 0 Å². The first kappa shape index (κ1) is 7.84. The Hall–Kier alpha value is -0.790. The van der Waals surface area contributed by atoms with Crippen LogP contribution in [0.25, 0.3) is 0 Å². The molecule has 1 aromatic carbocycles. The third-order valence-corrected chi connectivity index (χ3v) is 2.13. The summed E-state index contributed by atoms with van der Waals surface area (Å²) < 4.78 is 5.42. The van der Waals surface area contributed by atoms with Gasteiger partial charge in [0.25, 0.3) is 0 Å². The normalized spacial score (nSPS) is 21.6. The minimum absolute atomic E-state index is 0.127. The summed E-state index contributed by atoms with van der Waals surface area (Å²) in [6.45, 7) is 0.716. The second kappa shape index (κ2) is 3.30. The molecule has 2 rings (SSSR count). The van der Waals surface area contributed by atoms with Gasteiger partial charge in [0.15, 0.2) is 0 Å². The molecule has 0 radical (unpaired) electrons. The van der Waals surface area contributed by atoms with Crippen LogP contribution in [0.1, 0.15) is 11.7 Å². The van der Waals surface area contributed by atoms with E-state index in [-0.39, 0.29) is 6.10 Å². The number of rotatable bonds is 1. The van der Waals surface area contributed by atoms with E-state index in [9.17, 15) is 0 Å². The van der Waals surface area contributed by atoms with Crippen molar-refractivity contribution in [3.63, 3.8) is 0 Å². The van der Waals surface area contributed by atoms with E-state index in [1.165, 1.54) is 0 Å². The summed E-state index contributed by atoms with van der Waals surface area (Å²) in [5.41, 5.74) is 1.16. The Bertz CT molecular complexity index is 289. The predicted octanol–water partition coefficient (Wildman–Crippen LogP) is 2.97. The molecule has 0 aromatic heterocycles. The van der Waals surface area contributed by atoms with Crippen LogP contribution in [0.2, 0.25) is 5.02 Å². The summed E-state index contributed by atoms with van der Waals surface area (Å²) in [5, 5.41) is 0.765. The van der Waals surface area contributed by atoms with Gasteiger partial charge in [0.1, 0.15) is 6.10 Å². The zero-order chi connectivity index (χ0) is 8.39. The second-order valence-electron chi connectivity index (χ2n) is 2.73. The molecule has 12 heavy (non-hydrogen) atoms. The fourth-order valence-corrected chi connectivity index (χ4v) is 1.38. The van der Waals surface area contributed by atoms with E-state index in [1.807, 2.05) is 30.3 Å². The van der Waals surface area contributed by atoms with E-state index in [4.69, 9.17) is 16.3 Å². The van der Waals surface area contributed by atoms with Crippen molar-refractivity contribution in [1.29, 1.82) is 0 Å². The van der Waals surface area contributed by atoms with Gasteiger partial charge in [0, 0.05) is 5.02 Å². The molecule has 0 saturated carbocycles. The molecular formula is C10H9ClO. The minimum atomic E-state index is 0.127. The van der Waals surface area contributed by atoms with Crippen molar-refractivity contribution in [3.8, 4) is 0 Å². The summed E-state index contributed by atoms with van der Waals surface area (Å²) in [4.78, 5) is 0. The van der Waals surface area contributed by atoms with E-state index in [0.29, 0.717) is 6.61 Å². The summed E-state index contributed by atoms with van der Waals surface area (Å²) in [7, 11) is 0. The Balaban J connectivity index is 2.23. The third-order valence-electron chi connectivity index (χ3n) is 1.88. The summed E-state index contributed by atoms with van der Waals surface area (Å²) in [6, 6.07) is 7.74. The van der Waals surface area contributed by atoms with Crippen LogP contribution in [0.3, 0.4) is 0 Å². The monoisotopic (exact) mass is 180 g/mol. The first-order valence-electron chi connectivity index (χ1n) is 3.90. The van der Waals surface area contributed by atoms with Crippen molar-refractivity contribution in [1.82, 2.24) is 0 Å². The largest absolute Gasteiger partial charge is 0.365 e. The highest BCUT2D eigenvalue weighted by molar-refractivity contribution is 6.30. The molecule has 62 valence electrons. The Kier molecular flexibility index (Phi) is 2.15. The van der Waals surface area contributed by atoms with Crippen LogP contribution in [0, 0.1) is 0 Å². The molecule has 1 nitrogen and oxygen atoms in total. The van der Waals surface area contributed by atoms with Gasteiger partial charge < -0.3 is 4.74 Å². The maximum absolute atomic E-state index is 5.76. The van der Waals surface area contributed by atoms with Crippen molar-refractivity contribution in [2.75, 3.05) is 6.61 Å². The molecule has 0 fully saturated rings. The molecule has 1 heterocycles. The highest BCUT2D eigenvalue weighted by atomic mass is 35.5. The molecule has 0 spiro atoms. The first-order valence-corrected chi connectivity index (χ1v) is 4.28. The number of ether oxygens (including phenoxy) is 1. The lowest BCUT2D eigenvalue weighted by Crippen LogP contribution is -1.94. The minimum Gasteiger partial charge on any atom is -0.365 e. The maximum Gasteiger partial charge on any atom is 0.101 e. The molecule has 0 amide bonds. The van der Waals surface area contributed by atoms with E-state index in [2.05, 4.69) is 6.08 Å². The van der Waals surface area contributed by atoms with Crippen LogP contribution in [-0.2, 0) is 4.74 Å². The fraction of sp³-hybridized carbons (Fsp3) is 0.200. The molecule has 1 aliphatic rings. The quantitative estimate of drug-likeness (QED) is 0.604. The molecule has 1 atom stereocenters. The summed E-state index contributed by atoms with van der Waals surface area (Å²) >= 11 is 5.76. The number of halogens is 1. The van der Waals surface area contributed by atoms with E-state index >= 15 is 0 Å². The average Bonchev–Trinajstić information content (AvgIpc) is 2.58. The van der Waals surface area contributed by atoms with Crippen LogP contribution >= 0.6 is 11.6 Å². The first-order chi connectivity index (χ1) is 5.86. The van der Waals surface area contributed by atoms with Crippen molar-refractivity contribution >= 4 is 11.6 Å². The smallest absolute Gasteiger partial charge is 0.101 e. The Labute approximate surface area is 76.6 Å². The molecule has 2 heteroatoms. The van der Waals surface area contributed by atoms with Crippen molar-refractivity contribution in [3.05, 3.63) is 47.0 Å². The third kappa shape index (κ3) is 1.52. The van der Waals surface area contributed by atoms with E-state index in [1.54, 1.807) is 0 Å². The van der Waals surface area contributed by atoms with Crippen LogP contribution in [0.5, 0.6) is 0 Å². The van der Waals surface area contributed by atoms with Gasteiger partial charge in [-0.3, -0.25) is 0 Å². The standard InChI is InChI=1S/C10H9ClO/c11-9-5-3-8(4-6-9)10-2-1-7-12-10/h1-6,10H,7H2/t10-/m0/s1. The van der Waals surface area contributed by atoms with Gasteiger partial charge >= 0.3 is 0 Å². The predicted molar refractivity (Wildman–Crippen MR) is 49.3 cm³/mol. The number of hydrogen-bond acceptors (Lipinski definition) is 1. The molecular weight excluding hydrogens is 172 g/mol. The fourth-order valence-electron chi connectivity index (χ4n) is 1.25.